The van der Waals surface area contributed by atoms with Crippen molar-refractivity contribution in [3.05, 3.63) is 46.1 Å². The molecule has 34 heavy (non-hydrogen) atoms. The standard InChI is InChI=1S/C23H31N7O4/c1-7-16-13-27(22(33)34-23(4,5)6)12-14(2)29(16)20(32)17-11-24-30(15(17)3)21-25-19(31)18-9-8-10-28(18)26-21/h8-11,14,16H,7,12-13H2,1-6H3,(H,25,26,31). The zero-order chi connectivity index (χ0) is 24.8. The molecule has 4 rings (SSSR count). The van der Waals surface area contributed by atoms with Gasteiger partial charge in [-0.2, -0.15) is 5.10 Å². The Labute approximate surface area is 197 Å². The second-order valence-corrected chi connectivity index (χ2v) is 9.68. The van der Waals surface area contributed by atoms with Gasteiger partial charge in [0.1, 0.15) is 11.1 Å². The van der Waals surface area contributed by atoms with Gasteiger partial charge >= 0.3 is 6.09 Å². The Kier molecular flexibility index (Phi) is 5.96. The molecule has 0 aliphatic carbocycles. The van der Waals surface area contributed by atoms with Gasteiger partial charge < -0.3 is 14.5 Å². The average molecular weight is 470 g/mol. The number of carbonyl (C=O) groups is 2. The van der Waals surface area contributed by atoms with Gasteiger partial charge in [-0.1, -0.05) is 6.92 Å². The van der Waals surface area contributed by atoms with Crippen LogP contribution in [0.4, 0.5) is 4.79 Å². The molecule has 1 saturated heterocycles. The van der Waals surface area contributed by atoms with Crippen molar-refractivity contribution in [2.45, 2.75) is 65.6 Å². The minimum atomic E-state index is -0.584. The van der Waals surface area contributed by atoms with Crippen LogP contribution in [-0.4, -0.2) is 77.0 Å². The third kappa shape index (κ3) is 4.29. The average Bonchev–Trinajstić information content (AvgIpc) is 3.38. The minimum absolute atomic E-state index is 0.166. The zero-order valence-corrected chi connectivity index (χ0v) is 20.4. The lowest BCUT2D eigenvalue weighted by Gasteiger charge is -2.45. The zero-order valence-electron chi connectivity index (χ0n) is 20.4. The maximum atomic E-state index is 13.6. The SMILES string of the molecule is CCC1CN(C(=O)OC(C)(C)C)CC(C)N1C(=O)c1cnn(-c2nn3cccc3c(=O)[nH]2)c1C. The van der Waals surface area contributed by atoms with Crippen molar-refractivity contribution in [3.8, 4) is 5.95 Å². The number of piperazine rings is 1. The number of hydrogen-bond acceptors (Lipinski definition) is 6. The Morgan fingerprint density at radius 3 is 2.68 bits per heavy atom. The van der Waals surface area contributed by atoms with E-state index >= 15 is 0 Å². The molecule has 0 spiro atoms. The summed E-state index contributed by atoms with van der Waals surface area (Å²) < 4.78 is 8.47. The number of nitrogens with one attached hydrogen (secondary N) is 1. The van der Waals surface area contributed by atoms with Gasteiger partial charge in [0.15, 0.2) is 0 Å². The van der Waals surface area contributed by atoms with Gasteiger partial charge in [-0.15, -0.1) is 5.10 Å². The quantitative estimate of drug-likeness (QED) is 0.629. The van der Waals surface area contributed by atoms with Crippen molar-refractivity contribution in [1.29, 1.82) is 0 Å². The molecule has 11 heteroatoms. The Morgan fingerprint density at radius 1 is 1.26 bits per heavy atom. The Balaban J connectivity index is 1.59. The fourth-order valence-corrected chi connectivity index (χ4v) is 4.35. The van der Waals surface area contributed by atoms with Crippen molar-refractivity contribution in [2.75, 3.05) is 13.1 Å². The Bertz CT molecular complexity index is 1280. The lowest BCUT2D eigenvalue weighted by molar-refractivity contribution is -0.00787. The third-order valence-electron chi connectivity index (χ3n) is 5.97. The second kappa shape index (κ2) is 8.62. The molecule has 0 saturated carbocycles. The van der Waals surface area contributed by atoms with Crippen molar-refractivity contribution < 1.29 is 14.3 Å². The first-order chi connectivity index (χ1) is 16.0. The van der Waals surface area contributed by atoms with E-state index in [4.69, 9.17) is 4.74 Å². The molecule has 1 N–H and O–H groups in total. The maximum absolute atomic E-state index is 13.6. The molecule has 182 valence electrons. The smallest absolute Gasteiger partial charge is 0.410 e. The molecule has 4 heterocycles. The van der Waals surface area contributed by atoms with Crippen LogP contribution < -0.4 is 5.56 Å². The third-order valence-corrected chi connectivity index (χ3v) is 5.97. The second-order valence-electron chi connectivity index (χ2n) is 9.68. The Morgan fingerprint density at radius 2 is 2.00 bits per heavy atom. The number of aromatic nitrogens is 5. The summed E-state index contributed by atoms with van der Waals surface area (Å²) in [6, 6.07) is 3.02. The van der Waals surface area contributed by atoms with Gasteiger partial charge in [-0.3, -0.25) is 14.6 Å². The van der Waals surface area contributed by atoms with E-state index in [0.29, 0.717) is 36.3 Å². The highest BCUT2D eigenvalue weighted by molar-refractivity contribution is 5.95. The number of amides is 2. The van der Waals surface area contributed by atoms with E-state index in [2.05, 4.69) is 15.2 Å². The highest BCUT2D eigenvalue weighted by Crippen LogP contribution is 2.24. The van der Waals surface area contributed by atoms with Gasteiger partial charge in [0, 0.05) is 31.4 Å². The van der Waals surface area contributed by atoms with Crippen LogP contribution in [0.2, 0.25) is 0 Å². The number of rotatable bonds is 3. The van der Waals surface area contributed by atoms with Crippen LogP contribution in [0, 0.1) is 6.92 Å². The summed E-state index contributed by atoms with van der Waals surface area (Å²) in [6.45, 7) is 12.0. The molecule has 0 aromatic carbocycles. The maximum Gasteiger partial charge on any atom is 0.410 e. The van der Waals surface area contributed by atoms with E-state index in [0.717, 1.165) is 0 Å². The van der Waals surface area contributed by atoms with E-state index in [9.17, 15) is 14.4 Å². The minimum Gasteiger partial charge on any atom is -0.444 e. The van der Waals surface area contributed by atoms with Crippen molar-refractivity contribution in [1.82, 2.24) is 34.2 Å². The van der Waals surface area contributed by atoms with Crippen LogP contribution >= 0.6 is 0 Å². The van der Waals surface area contributed by atoms with E-state index < -0.39 is 5.60 Å². The molecule has 11 nitrogen and oxygen atoms in total. The molecular formula is C23H31N7O4. The van der Waals surface area contributed by atoms with Crippen LogP contribution in [0.5, 0.6) is 0 Å². The predicted molar refractivity (Wildman–Crippen MR) is 125 cm³/mol. The van der Waals surface area contributed by atoms with Gasteiger partial charge in [0.05, 0.1) is 17.5 Å². The molecule has 1 fully saturated rings. The number of ether oxygens (including phenoxy) is 1. The number of carbonyl (C=O) groups excluding carboxylic acids is 2. The molecule has 2 unspecified atom stereocenters. The van der Waals surface area contributed by atoms with Crippen LogP contribution in [0.15, 0.2) is 29.3 Å². The number of fused-ring (bicyclic) bond motifs is 1. The molecule has 0 radical (unpaired) electrons. The van der Waals surface area contributed by atoms with Crippen LogP contribution in [0.3, 0.4) is 0 Å². The summed E-state index contributed by atoms with van der Waals surface area (Å²) in [5.74, 6) is 0.0522. The normalized spacial score (nSPS) is 19.0. The van der Waals surface area contributed by atoms with Gasteiger partial charge in [0.25, 0.3) is 11.5 Å². The number of H-pyrrole nitrogens is 1. The van der Waals surface area contributed by atoms with Crippen LogP contribution in [0.1, 0.15) is 57.1 Å². The summed E-state index contributed by atoms with van der Waals surface area (Å²) in [7, 11) is 0. The summed E-state index contributed by atoms with van der Waals surface area (Å²) in [6.07, 6.45) is 3.49. The fraction of sp³-hybridized carbons (Fsp3) is 0.522. The molecule has 1 aliphatic rings. The first-order valence-corrected chi connectivity index (χ1v) is 11.4. The highest BCUT2D eigenvalue weighted by atomic mass is 16.6. The van der Waals surface area contributed by atoms with E-state index in [-0.39, 0.29) is 35.6 Å². The topological polar surface area (TPSA) is 118 Å². The van der Waals surface area contributed by atoms with Gasteiger partial charge in [-0.05, 0) is 53.2 Å². The molecule has 2 amide bonds. The first kappa shape index (κ1) is 23.5. The van der Waals surface area contributed by atoms with Crippen molar-refractivity contribution in [3.63, 3.8) is 0 Å². The lowest BCUT2D eigenvalue weighted by Crippen LogP contribution is -2.61. The molecule has 3 aromatic heterocycles. The largest absolute Gasteiger partial charge is 0.444 e. The van der Waals surface area contributed by atoms with E-state index in [1.165, 1.54) is 15.4 Å². The molecule has 2 atom stereocenters. The summed E-state index contributed by atoms with van der Waals surface area (Å²) in [5.41, 5.74) is 0.532. The molecule has 3 aromatic rings. The number of aromatic amines is 1. The van der Waals surface area contributed by atoms with Gasteiger partial charge in [0.2, 0.25) is 5.95 Å². The number of nitrogens with zero attached hydrogens (tertiary/aromatic N) is 6. The van der Waals surface area contributed by atoms with Crippen LogP contribution in [-0.2, 0) is 4.74 Å². The highest BCUT2D eigenvalue weighted by Gasteiger charge is 2.39. The Hall–Kier alpha value is -3.63. The molecule has 1 aliphatic heterocycles. The molecule has 0 bridgehead atoms. The monoisotopic (exact) mass is 469 g/mol. The van der Waals surface area contributed by atoms with Crippen molar-refractivity contribution >= 4 is 17.5 Å². The summed E-state index contributed by atoms with van der Waals surface area (Å²) in [5, 5.41) is 8.73. The summed E-state index contributed by atoms with van der Waals surface area (Å²) in [4.78, 5) is 44.8. The van der Waals surface area contributed by atoms with Gasteiger partial charge in [-0.25, -0.2) is 14.0 Å². The van der Waals surface area contributed by atoms with Crippen LogP contribution in [0.25, 0.3) is 11.5 Å². The van der Waals surface area contributed by atoms with E-state index in [1.54, 1.807) is 30.2 Å². The van der Waals surface area contributed by atoms with Crippen molar-refractivity contribution in [2.24, 2.45) is 0 Å². The lowest BCUT2D eigenvalue weighted by atomic mass is 10.0. The predicted octanol–water partition coefficient (Wildman–Crippen LogP) is 2.38. The summed E-state index contributed by atoms with van der Waals surface area (Å²) >= 11 is 0. The molecular weight excluding hydrogens is 438 g/mol. The first-order valence-electron chi connectivity index (χ1n) is 11.4. The fourth-order valence-electron chi connectivity index (χ4n) is 4.35. The van der Waals surface area contributed by atoms with E-state index in [1.807, 2.05) is 39.5 Å². The number of hydrogen-bond donors (Lipinski definition) is 1.